The number of anilines is 2. The lowest BCUT2D eigenvalue weighted by molar-refractivity contribution is 1.40. The third-order valence-corrected chi connectivity index (χ3v) is 4.26. The predicted octanol–water partition coefficient (Wildman–Crippen LogP) is 4.67. The molecule has 0 fully saturated rings. The lowest BCUT2D eigenvalue weighted by Crippen LogP contribution is -1.90. The normalized spacial score (nSPS) is 10.5. The molecular weight excluding hydrogens is 276 g/mol. The molecular formula is C18H16N2S. The Morgan fingerprint density at radius 2 is 1.43 bits per heavy atom. The van der Waals surface area contributed by atoms with Crippen molar-refractivity contribution < 1.29 is 0 Å². The summed E-state index contributed by atoms with van der Waals surface area (Å²) in [4.78, 5) is 2.37. The lowest BCUT2D eigenvalue weighted by atomic mass is 10.0. The third-order valence-electron chi connectivity index (χ3n) is 3.17. The van der Waals surface area contributed by atoms with Crippen molar-refractivity contribution in [1.29, 1.82) is 0 Å². The van der Waals surface area contributed by atoms with Gasteiger partial charge in [-0.3, -0.25) is 0 Å². The number of hydrogen-bond donors (Lipinski definition) is 2. The quantitative estimate of drug-likeness (QED) is 0.690. The summed E-state index contributed by atoms with van der Waals surface area (Å²) in [6, 6.07) is 24.2. The molecule has 3 rings (SSSR count). The average Bonchev–Trinajstić information content (AvgIpc) is 2.50. The predicted molar refractivity (Wildman–Crippen MR) is 91.3 cm³/mol. The van der Waals surface area contributed by atoms with Gasteiger partial charge < -0.3 is 11.5 Å². The lowest BCUT2D eigenvalue weighted by Gasteiger charge is -2.11. The minimum Gasteiger partial charge on any atom is -0.399 e. The van der Waals surface area contributed by atoms with Gasteiger partial charge in [0.25, 0.3) is 0 Å². The first kappa shape index (κ1) is 13.6. The zero-order valence-corrected chi connectivity index (χ0v) is 12.3. The van der Waals surface area contributed by atoms with Gasteiger partial charge in [-0.05, 0) is 53.6 Å². The molecule has 104 valence electrons. The van der Waals surface area contributed by atoms with Crippen LogP contribution in [0, 0.1) is 0 Å². The summed E-state index contributed by atoms with van der Waals surface area (Å²) >= 11 is 1.73. The Morgan fingerprint density at radius 3 is 2.19 bits per heavy atom. The molecule has 3 heteroatoms. The summed E-state index contributed by atoms with van der Waals surface area (Å²) in [7, 11) is 0. The molecule has 0 aliphatic carbocycles. The highest BCUT2D eigenvalue weighted by Crippen LogP contribution is 2.37. The molecule has 21 heavy (non-hydrogen) atoms. The molecule has 3 aromatic rings. The minimum atomic E-state index is 0.754. The molecule has 0 atom stereocenters. The van der Waals surface area contributed by atoms with Crippen LogP contribution < -0.4 is 11.5 Å². The molecule has 0 aliphatic rings. The van der Waals surface area contributed by atoms with E-state index in [1.165, 1.54) is 9.79 Å². The number of rotatable bonds is 3. The second kappa shape index (κ2) is 5.94. The Hall–Kier alpha value is -2.39. The summed E-state index contributed by atoms with van der Waals surface area (Å²) in [6.07, 6.45) is 0. The van der Waals surface area contributed by atoms with Crippen LogP contribution in [0.5, 0.6) is 0 Å². The van der Waals surface area contributed by atoms with E-state index in [-0.39, 0.29) is 0 Å². The molecule has 3 aromatic carbocycles. The molecule has 0 saturated heterocycles. The molecule has 0 bridgehead atoms. The van der Waals surface area contributed by atoms with Crippen LogP contribution >= 0.6 is 11.8 Å². The highest BCUT2D eigenvalue weighted by molar-refractivity contribution is 7.99. The summed E-state index contributed by atoms with van der Waals surface area (Å²) in [5.74, 6) is 0. The monoisotopic (exact) mass is 292 g/mol. The van der Waals surface area contributed by atoms with E-state index >= 15 is 0 Å². The average molecular weight is 292 g/mol. The highest BCUT2D eigenvalue weighted by Gasteiger charge is 2.08. The maximum atomic E-state index is 5.96. The van der Waals surface area contributed by atoms with E-state index in [9.17, 15) is 0 Å². The van der Waals surface area contributed by atoms with E-state index in [1.807, 2.05) is 48.5 Å². The zero-order chi connectivity index (χ0) is 14.7. The van der Waals surface area contributed by atoms with Crippen LogP contribution in [0.25, 0.3) is 11.1 Å². The Labute approximate surface area is 128 Å². The number of nitrogen functional groups attached to an aromatic ring is 2. The van der Waals surface area contributed by atoms with Crippen LogP contribution in [0.1, 0.15) is 0 Å². The van der Waals surface area contributed by atoms with Crippen molar-refractivity contribution in [3.8, 4) is 11.1 Å². The second-order valence-corrected chi connectivity index (χ2v) is 5.91. The zero-order valence-electron chi connectivity index (χ0n) is 11.5. The molecule has 0 spiro atoms. The van der Waals surface area contributed by atoms with Gasteiger partial charge in [-0.15, -0.1) is 0 Å². The van der Waals surface area contributed by atoms with Crippen molar-refractivity contribution in [1.82, 2.24) is 0 Å². The van der Waals surface area contributed by atoms with Gasteiger partial charge >= 0.3 is 0 Å². The van der Waals surface area contributed by atoms with Crippen LogP contribution in [-0.2, 0) is 0 Å². The molecule has 2 nitrogen and oxygen atoms in total. The van der Waals surface area contributed by atoms with E-state index in [4.69, 9.17) is 11.5 Å². The van der Waals surface area contributed by atoms with Crippen molar-refractivity contribution in [2.45, 2.75) is 9.79 Å². The first-order valence-electron chi connectivity index (χ1n) is 6.71. The van der Waals surface area contributed by atoms with E-state index in [0.717, 1.165) is 22.5 Å². The third kappa shape index (κ3) is 3.20. The van der Waals surface area contributed by atoms with Crippen LogP contribution in [0.2, 0.25) is 0 Å². The van der Waals surface area contributed by atoms with Crippen molar-refractivity contribution in [2.24, 2.45) is 0 Å². The van der Waals surface area contributed by atoms with Crippen LogP contribution in [0.3, 0.4) is 0 Å². The van der Waals surface area contributed by atoms with Crippen LogP contribution in [-0.4, -0.2) is 0 Å². The molecule has 0 radical (unpaired) electrons. The number of hydrogen-bond acceptors (Lipinski definition) is 3. The van der Waals surface area contributed by atoms with Crippen molar-refractivity contribution in [3.05, 3.63) is 72.8 Å². The smallest absolute Gasteiger partial charge is 0.0321 e. The first-order valence-corrected chi connectivity index (χ1v) is 7.52. The molecule has 0 heterocycles. The minimum absolute atomic E-state index is 0.754. The Kier molecular flexibility index (Phi) is 3.84. The van der Waals surface area contributed by atoms with Gasteiger partial charge in [0.2, 0.25) is 0 Å². The Bertz CT molecular complexity index is 754. The van der Waals surface area contributed by atoms with Crippen LogP contribution in [0.15, 0.2) is 82.6 Å². The van der Waals surface area contributed by atoms with Gasteiger partial charge in [-0.25, -0.2) is 0 Å². The van der Waals surface area contributed by atoms with Gasteiger partial charge in [-0.2, -0.15) is 0 Å². The highest BCUT2D eigenvalue weighted by atomic mass is 32.2. The van der Waals surface area contributed by atoms with E-state index in [2.05, 4.69) is 24.3 Å². The maximum absolute atomic E-state index is 5.96. The SMILES string of the molecule is Nc1cccc(-c2cc(N)ccc2Sc2ccccc2)c1. The largest absolute Gasteiger partial charge is 0.399 e. The van der Waals surface area contributed by atoms with Gasteiger partial charge in [0.1, 0.15) is 0 Å². The Morgan fingerprint density at radius 1 is 0.667 bits per heavy atom. The van der Waals surface area contributed by atoms with Gasteiger partial charge in [0.05, 0.1) is 0 Å². The van der Waals surface area contributed by atoms with Crippen LogP contribution in [0.4, 0.5) is 11.4 Å². The second-order valence-electron chi connectivity index (χ2n) is 4.80. The van der Waals surface area contributed by atoms with Crippen molar-refractivity contribution in [2.75, 3.05) is 11.5 Å². The molecule has 0 unspecified atom stereocenters. The topological polar surface area (TPSA) is 52.0 Å². The van der Waals surface area contributed by atoms with E-state index in [0.29, 0.717) is 0 Å². The summed E-state index contributed by atoms with van der Waals surface area (Å²) in [5.41, 5.74) is 15.6. The van der Waals surface area contributed by atoms with Crippen molar-refractivity contribution >= 4 is 23.1 Å². The maximum Gasteiger partial charge on any atom is 0.0321 e. The number of benzene rings is 3. The first-order chi connectivity index (χ1) is 10.2. The van der Waals surface area contributed by atoms with Gasteiger partial charge in [0, 0.05) is 21.2 Å². The molecule has 0 aliphatic heterocycles. The fraction of sp³-hybridized carbons (Fsp3) is 0. The fourth-order valence-corrected chi connectivity index (χ4v) is 3.15. The fourth-order valence-electron chi connectivity index (χ4n) is 2.18. The van der Waals surface area contributed by atoms with Gasteiger partial charge in [0.15, 0.2) is 0 Å². The molecule has 0 aromatic heterocycles. The standard InChI is InChI=1S/C18H16N2S/c19-14-6-4-5-13(11-14)17-12-15(20)9-10-18(17)21-16-7-2-1-3-8-16/h1-12H,19-20H2. The van der Waals surface area contributed by atoms with E-state index < -0.39 is 0 Å². The molecule has 4 N–H and O–H groups in total. The molecule has 0 saturated carbocycles. The molecule has 0 amide bonds. The van der Waals surface area contributed by atoms with E-state index in [1.54, 1.807) is 11.8 Å². The summed E-state index contributed by atoms with van der Waals surface area (Å²) in [5, 5.41) is 0. The van der Waals surface area contributed by atoms with Gasteiger partial charge in [-0.1, -0.05) is 42.1 Å². The Balaban J connectivity index is 2.05. The number of nitrogens with two attached hydrogens (primary N) is 2. The summed E-state index contributed by atoms with van der Waals surface area (Å²) < 4.78 is 0. The van der Waals surface area contributed by atoms with Crippen molar-refractivity contribution in [3.63, 3.8) is 0 Å². The summed E-state index contributed by atoms with van der Waals surface area (Å²) in [6.45, 7) is 0.